The Morgan fingerprint density at radius 1 is 1.04 bits per heavy atom. The molecule has 0 unspecified atom stereocenters. The minimum Gasteiger partial charge on any atom is -0.225 e. The topological polar surface area (TPSA) is 156 Å². The molecule has 0 radical (unpaired) electrons. The molecule has 0 aliphatic heterocycles. The van der Waals surface area contributed by atoms with Crippen molar-refractivity contribution >= 4 is 10.0 Å². The molecule has 0 aliphatic rings. The van der Waals surface area contributed by atoms with E-state index in [9.17, 15) is 8.42 Å². The molecule has 8 nitrogen and oxygen atoms in total. The summed E-state index contributed by atoms with van der Waals surface area (Å²) in [6, 6.07) is 11.1. The van der Waals surface area contributed by atoms with E-state index < -0.39 is 20.3 Å². The van der Waals surface area contributed by atoms with E-state index >= 15 is 0 Å². The maximum Gasteiger partial charge on any atom is 0.238 e. The van der Waals surface area contributed by atoms with Crippen molar-refractivity contribution < 1.29 is 41.9 Å². The van der Waals surface area contributed by atoms with E-state index in [1.54, 1.807) is 12.1 Å². The number of primary sulfonamides is 1. The zero-order valence-corrected chi connectivity index (χ0v) is 17.1. The normalized spacial score (nSPS) is 11.9. The Morgan fingerprint density at radius 3 is 1.93 bits per heavy atom. The van der Waals surface area contributed by atoms with Crippen molar-refractivity contribution in [3.05, 3.63) is 58.9 Å². The summed E-state index contributed by atoms with van der Waals surface area (Å²) in [6.45, 7) is 9.26. The number of hydrogen-bond donors (Lipinski definition) is 1. The van der Waals surface area contributed by atoms with Crippen LogP contribution in [0, 0.1) is 24.1 Å². The number of sulfonamides is 1. The highest BCUT2D eigenvalue weighted by molar-refractivity contribution is 7.89. The zero-order valence-electron chi connectivity index (χ0n) is 15.5. The summed E-state index contributed by atoms with van der Waals surface area (Å²) in [5.74, 6) is 0.419. The first kappa shape index (κ1) is 23.4. The average molecular weight is 419 g/mol. The van der Waals surface area contributed by atoms with Gasteiger partial charge in [0, 0.05) is 30.5 Å². The molecule has 0 fully saturated rings. The van der Waals surface area contributed by atoms with Gasteiger partial charge in [0.2, 0.25) is 10.0 Å². The van der Waals surface area contributed by atoms with E-state index in [0.29, 0.717) is 12.5 Å². The third kappa shape index (κ3) is 8.31. The molecule has 0 saturated heterocycles. The fourth-order valence-corrected chi connectivity index (χ4v) is 3.14. The molecule has 27 heavy (non-hydrogen) atoms. The van der Waals surface area contributed by atoms with E-state index in [1.165, 1.54) is 17.0 Å². The van der Waals surface area contributed by atoms with Crippen molar-refractivity contribution in [1.82, 2.24) is 0 Å². The Labute approximate surface area is 161 Å². The van der Waals surface area contributed by atoms with Crippen molar-refractivity contribution in [2.24, 2.45) is 5.14 Å². The van der Waals surface area contributed by atoms with Gasteiger partial charge in [-0.1, -0.05) is 26.0 Å². The Balaban J connectivity index is 0.000000646. The van der Waals surface area contributed by atoms with Crippen LogP contribution in [0.5, 0.6) is 0 Å². The highest BCUT2D eigenvalue weighted by Crippen LogP contribution is 2.15. The van der Waals surface area contributed by atoms with Crippen LogP contribution in [0.2, 0.25) is 0 Å². The zero-order chi connectivity index (χ0) is 21.0. The summed E-state index contributed by atoms with van der Waals surface area (Å²) in [4.78, 5) is 0.144. The number of pyridine rings is 1. The second-order valence-corrected chi connectivity index (χ2v) is 8.72. The van der Waals surface area contributed by atoms with Crippen LogP contribution >= 0.6 is 0 Å². The van der Waals surface area contributed by atoms with Gasteiger partial charge in [0.1, 0.15) is 0 Å². The quantitative estimate of drug-likeness (QED) is 0.548. The molecule has 2 N–H and O–H groups in total. The van der Waals surface area contributed by atoms with E-state index in [4.69, 9.17) is 23.8 Å². The van der Waals surface area contributed by atoms with E-state index in [2.05, 4.69) is 44.4 Å². The van der Waals surface area contributed by atoms with Crippen LogP contribution in [0.4, 0.5) is 0 Å². The average Bonchev–Trinajstić information content (AvgIpc) is 2.47. The van der Waals surface area contributed by atoms with Crippen LogP contribution in [-0.4, -0.2) is 8.42 Å². The molecule has 1 heterocycles. The summed E-state index contributed by atoms with van der Waals surface area (Å²) >= 11 is 0. The predicted octanol–water partition coefficient (Wildman–Crippen LogP) is -2.35. The predicted molar refractivity (Wildman–Crippen MR) is 87.1 cm³/mol. The molecule has 0 amide bonds. The number of rotatable bonds is 4. The maximum absolute atomic E-state index is 11.3. The van der Waals surface area contributed by atoms with Crippen molar-refractivity contribution in [3.8, 4) is 0 Å². The second-order valence-electron chi connectivity index (χ2n) is 6.41. The van der Waals surface area contributed by atoms with Gasteiger partial charge in [-0.3, -0.25) is 0 Å². The SMILES string of the molecule is Cc1cc(C)[n+](Cc2ccc(S(N)(=O)=O)cc2)c(C(C)C)c1.[O-][Cl+3]([O-])([O-])[O-]. The summed E-state index contributed by atoms with van der Waals surface area (Å²) in [7, 11) is -8.58. The van der Waals surface area contributed by atoms with Gasteiger partial charge in [-0.2, -0.15) is 4.57 Å². The highest BCUT2D eigenvalue weighted by atomic mass is 35.7. The molecule has 0 aliphatic carbocycles. The molecule has 0 spiro atoms. The van der Waals surface area contributed by atoms with Crippen LogP contribution in [0.3, 0.4) is 0 Å². The first-order valence-electron chi connectivity index (χ1n) is 7.93. The number of hydrogen-bond acceptors (Lipinski definition) is 6. The third-order valence-electron chi connectivity index (χ3n) is 3.73. The van der Waals surface area contributed by atoms with E-state index in [-0.39, 0.29) is 4.90 Å². The standard InChI is InChI=1S/C17H23N2O2S.ClHO4/c1-12(2)17-10-13(3)9-14(4)19(17)11-15-5-7-16(8-6-15)22(18,20)21;2-1(3,4)5/h5-10,12H,11H2,1-4H3,(H2,18,20,21);(H,2,3,4,5)/q+1;/p-1. The lowest BCUT2D eigenvalue weighted by molar-refractivity contribution is -2.00. The summed E-state index contributed by atoms with van der Waals surface area (Å²) < 4.78 is 58.9. The minimum absolute atomic E-state index is 0.144. The van der Waals surface area contributed by atoms with Gasteiger partial charge in [-0.15, -0.1) is 10.2 Å². The number of nitrogens with two attached hydrogens (primary N) is 1. The second kappa shape index (κ2) is 9.07. The van der Waals surface area contributed by atoms with E-state index in [1.807, 2.05) is 12.1 Å². The van der Waals surface area contributed by atoms with Crippen molar-refractivity contribution in [2.45, 2.75) is 45.1 Å². The van der Waals surface area contributed by atoms with Crippen LogP contribution in [0.1, 0.15) is 42.3 Å². The number of aromatic nitrogens is 1. The molecule has 2 rings (SSSR count). The van der Waals surface area contributed by atoms with Crippen molar-refractivity contribution in [2.75, 3.05) is 0 Å². The van der Waals surface area contributed by atoms with E-state index in [0.717, 1.165) is 5.56 Å². The molecular weight excluding hydrogens is 396 g/mol. The Hall–Kier alpha value is -1.59. The third-order valence-corrected chi connectivity index (χ3v) is 4.66. The van der Waals surface area contributed by atoms with Crippen molar-refractivity contribution in [3.63, 3.8) is 0 Å². The largest absolute Gasteiger partial charge is 0.238 e. The van der Waals surface area contributed by atoms with Crippen LogP contribution < -0.4 is 28.3 Å². The number of halogens is 1. The Bertz CT molecular complexity index is 872. The van der Waals surface area contributed by atoms with Gasteiger partial charge < -0.3 is 0 Å². The number of nitrogens with zero attached hydrogens (tertiary/aromatic N) is 1. The van der Waals surface area contributed by atoms with Gasteiger partial charge in [0.25, 0.3) is 0 Å². The van der Waals surface area contributed by atoms with Gasteiger partial charge in [0.05, 0.1) is 4.90 Å². The summed E-state index contributed by atoms with van der Waals surface area (Å²) in [5.41, 5.74) is 4.76. The van der Waals surface area contributed by atoms with Crippen LogP contribution in [0.15, 0.2) is 41.3 Å². The molecule has 10 heteroatoms. The summed E-state index contributed by atoms with van der Waals surface area (Å²) in [5, 5.41) is 5.13. The number of benzene rings is 1. The summed E-state index contributed by atoms with van der Waals surface area (Å²) in [6.07, 6.45) is 0. The van der Waals surface area contributed by atoms with Gasteiger partial charge in [-0.25, -0.2) is 32.2 Å². The first-order chi connectivity index (χ1) is 12.2. The first-order valence-corrected chi connectivity index (χ1v) is 10.7. The lowest BCUT2D eigenvalue weighted by atomic mass is 10.0. The molecule has 0 atom stereocenters. The molecule has 1 aromatic carbocycles. The van der Waals surface area contributed by atoms with Crippen molar-refractivity contribution in [1.29, 1.82) is 0 Å². The molecule has 0 saturated carbocycles. The van der Waals surface area contributed by atoms with Crippen LogP contribution in [0.25, 0.3) is 0 Å². The fourth-order valence-electron chi connectivity index (χ4n) is 2.63. The number of aryl methyl sites for hydroxylation is 2. The molecule has 0 bridgehead atoms. The molecule has 1 aromatic heterocycles. The fraction of sp³-hybridized carbons (Fsp3) is 0.353. The monoisotopic (exact) mass is 418 g/mol. The van der Waals surface area contributed by atoms with Gasteiger partial charge in [-0.05, 0) is 24.6 Å². The lowest BCUT2D eigenvalue weighted by Crippen LogP contribution is -2.68. The molecule has 2 aromatic rings. The highest BCUT2D eigenvalue weighted by Gasteiger charge is 2.19. The van der Waals surface area contributed by atoms with Crippen LogP contribution in [-0.2, 0) is 16.6 Å². The molecular formula is C17H23ClN2O6S. The molecule has 150 valence electrons. The minimum atomic E-state index is -4.94. The Kier molecular flexibility index (Phi) is 7.87. The maximum atomic E-state index is 11.3. The Morgan fingerprint density at radius 2 is 1.52 bits per heavy atom. The lowest BCUT2D eigenvalue weighted by Gasteiger charge is -2.17. The van der Waals surface area contributed by atoms with Gasteiger partial charge in [0.15, 0.2) is 17.9 Å². The smallest absolute Gasteiger partial charge is 0.225 e. The van der Waals surface area contributed by atoms with Gasteiger partial charge >= 0.3 is 0 Å².